The van der Waals surface area contributed by atoms with Crippen LogP contribution in [0.1, 0.15) is 10.7 Å². The summed E-state index contributed by atoms with van der Waals surface area (Å²) in [5.74, 6) is 0.843. The van der Waals surface area contributed by atoms with Gasteiger partial charge in [-0.2, -0.15) is 0 Å². The third-order valence-electron chi connectivity index (χ3n) is 2.01. The first-order chi connectivity index (χ1) is 7.65. The van der Waals surface area contributed by atoms with E-state index >= 15 is 0 Å². The van der Waals surface area contributed by atoms with Crippen LogP contribution in [0.3, 0.4) is 0 Å². The topological polar surface area (TPSA) is 38.9 Å². The van der Waals surface area contributed by atoms with E-state index in [0.29, 0.717) is 5.02 Å². The van der Waals surface area contributed by atoms with Crippen molar-refractivity contribution in [2.45, 2.75) is 17.6 Å². The summed E-state index contributed by atoms with van der Waals surface area (Å²) in [6.45, 7) is 2.01. The molecule has 2 nitrogen and oxygen atoms in total. The van der Waals surface area contributed by atoms with Crippen molar-refractivity contribution in [3.8, 4) is 0 Å². The van der Waals surface area contributed by atoms with Gasteiger partial charge >= 0.3 is 0 Å². The number of thioether (sulfide) groups is 1. The highest BCUT2D eigenvalue weighted by Gasteiger charge is 2.03. The van der Waals surface area contributed by atoms with E-state index in [1.165, 1.54) is 0 Å². The Balaban J connectivity index is 2.04. The fourth-order valence-electron chi connectivity index (χ4n) is 1.28. The number of nitrogens with zero attached hydrogens (tertiary/aromatic N) is 1. The highest BCUT2D eigenvalue weighted by atomic mass is 35.5. The number of anilines is 1. The van der Waals surface area contributed by atoms with Gasteiger partial charge in [-0.25, -0.2) is 4.98 Å². The maximum Gasteiger partial charge on any atom is 0.0897 e. The first-order valence-corrected chi connectivity index (χ1v) is 6.98. The lowest BCUT2D eigenvalue weighted by molar-refractivity contribution is 1.18. The molecule has 0 spiro atoms. The Morgan fingerprint density at radius 3 is 2.94 bits per heavy atom. The van der Waals surface area contributed by atoms with Gasteiger partial charge in [0.2, 0.25) is 0 Å². The van der Waals surface area contributed by atoms with Gasteiger partial charge in [-0.15, -0.1) is 23.1 Å². The van der Waals surface area contributed by atoms with Gasteiger partial charge in [0, 0.05) is 26.7 Å². The van der Waals surface area contributed by atoms with Crippen molar-refractivity contribution in [2.24, 2.45) is 0 Å². The molecule has 2 rings (SSSR count). The van der Waals surface area contributed by atoms with Crippen molar-refractivity contribution < 1.29 is 0 Å². The highest BCUT2D eigenvalue weighted by Crippen LogP contribution is 2.30. The van der Waals surface area contributed by atoms with E-state index in [1.54, 1.807) is 29.2 Å². The van der Waals surface area contributed by atoms with Crippen LogP contribution in [-0.4, -0.2) is 4.98 Å². The lowest BCUT2D eigenvalue weighted by Gasteiger charge is -2.04. The number of rotatable bonds is 3. The van der Waals surface area contributed by atoms with Crippen molar-refractivity contribution in [3.63, 3.8) is 0 Å². The zero-order valence-electron chi connectivity index (χ0n) is 8.74. The summed E-state index contributed by atoms with van der Waals surface area (Å²) in [5, 5.41) is 3.85. The molecular weight excluding hydrogens is 260 g/mol. The van der Waals surface area contributed by atoms with Crippen LogP contribution in [0.4, 0.5) is 5.69 Å². The normalized spacial score (nSPS) is 10.6. The van der Waals surface area contributed by atoms with Crippen LogP contribution in [0.15, 0.2) is 28.5 Å². The molecule has 0 radical (unpaired) electrons. The van der Waals surface area contributed by atoms with Gasteiger partial charge in [-0.3, -0.25) is 0 Å². The second-order valence-electron chi connectivity index (χ2n) is 3.33. The molecule has 2 aromatic rings. The molecule has 0 amide bonds. The standard InChI is InChI=1S/C11H11ClN2S2/c1-7-14-9(5-15-7)6-16-11-3-2-8(12)4-10(11)13/h2-5H,6,13H2,1H3. The largest absolute Gasteiger partial charge is 0.398 e. The van der Waals surface area contributed by atoms with Crippen molar-refractivity contribution in [1.29, 1.82) is 0 Å². The van der Waals surface area contributed by atoms with Gasteiger partial charge in [-0.05, 0) is 25.1 Å². The summed E-state index contributed by atoms with van der Waals surface area (Å²) in [7, 11) is 0. The van der Waals surface area contributed by atoms with E-state index in [0.717, 1.165) is 27.0 Å². The zero-order valence-corrected chi connectivity index (χ0v) is 11.1. The number of benzene rings is 1. The molecule has 0 unspecified atom stereocenters. The van der Waals surface area contributed by atoms with Crippen LogP contribution in [0.5, 0.6) is 0 Å². The third-order valence-corrected chi connectivity index (χ3v) is 4.19. The van der Waals surface area contributed by atoms with E-state index in [1.807, 2.05) is 19.1 Å². The Labute approximate surface area is 108 Å². The molecule has 0 atom stereocenters. The summed E-state index contributed by atoms with van der Waals surface area (Å²) < 4.78 is 0. The van der Waals surface area contributed by atoms with Crippen LogP contribution in [-0.2, 0) is 5.75 Å². The number of thiazole rings is 1. The van der Waals surface area contributed by atoms with E-state index in [4.69, 9.17) is 17.3 Å². The van der Waals surface area contributed by atoms with Crippen molar-refractivity contribution in [1.82, 2.24) is 4.98 Å². The smallest absolute Gasteiger partial charge is 0.0897 e. The molecule has 0 fully saturated rings. The van der Waals surface area contributed by atoms with Crippen molar-refractivity contribution in [3.05, 3.63) is 39.3 Å². The average molecular weight is 271 g/mol. The summed E-state index contributed by atoms with van der Waals surface area (Å²) in [5.41, 5.74) is 7.69. The molecule has 0 aliphatic carbocycles. The van der Waals surface area contributed by atoms with Crippen molar-refractivity contribution in [2.75, 3.05) is 5.73 Å². The Hall–Kier alpha value is -0.710. The highest BCUT2D eigenvalue weighted by molar-refractivity contribution is 7.98. The molecule has 1 heterocycles. The first kappa shape index (κ1) is 11.8. The number of hydrogen-bond acceptors (Lipinski definition) is 4. The Bertz CT molecular complexity index is 496. The van der Waals surface area contributed by atoms with Crippen molar-refractivity contribution >= 4 is 40.4 Å². The second kappa shape index (κ2) is 5.08. The minimum atomic E-state index is 0.673. The van der Waals surface area contributed by atoms with E-state index in [9.17, 15) is 0 Å². The number of aryl methyl sites for hydroxylation is 1. The van der Waals surface area contributed by atoms with Gasteiger partial charge in [0.25, 0.3) is 0 Å². The van der Waals surface area contributed by atoms with E-state index in [2.05, 4.69) is 10.4 Å². The van der Waals surface area contributed by atoms with Gasteiger partial charge in [0.15, 0.2) is 0 Å². The molecule has 0 saturated heterocycles. The van der Waals surface area contributed by atoms with Crippen LogP contribution >= 0.6 is 34.7 Å². The van der Waals surface area contributed by atoms with E-state index in [-0.39, 0.29) is 0 Å². The zero-order chi connectivity index (χ0) is 11.5. The second-order valence-corrected chi connectivity index (χ2v) is 5.84. The lowest BCUT2D eigenvalue weighted by Crippen LogP contribution is -1.89. The fourth-order valence-corrected chi connectivity index (χ4v) is 3.02. The minimum Gasteiger partial charge on any atom is -0.398 e. The molecule has 0 saturated carbocycles. The molecule has 0 bridgehead atoms. The molecule has 0 aliphatic heterocycles. The molecule has 5 heteroatoms. The summed E-state index contributed by atoms with van der Waals surface area (Å²) in [4.78, 5) is 5.45. The van der Waals surface area contributed by atoms with Gasteiger partial charge < -0.3 is 5.73 Å². The van der Waals surface area contributed by atoms with E-state index < -0.39 is 0 Å². The van der Waals surface area contributed by atoms with Crippen LogP contribution in [0.25, 0.3) is 0 Å². The molecule has 1 aromatic carbocycles. The number of nitrogens with two attached hydrogens (primary N) is 1. The Morgan fingerprint density at radius 2 is 2.31 bits per heavy atom. The Kier molecular flexibility index (Phi) is 3.74. The van der Waals surface area contributed by atoms with Gasteiger partial charge in [0.05, 0.1) is 10.7 Å². The molecule has 0 aliphatic rings. The minimum absolute atomic E-state index is 0.673. The first-order valence-electron chi connectivity index (χ1n) is 4.74. The van der Waals surface area contributed by atoms with Crippen LogP contribution < -0.4 is 5.73 Å². The molecule has 1 aromatic heterocycles. The fraction of sp³-hybridized carbons (Fsp3) is 0.182. The molecule has 16 heavy (non-hydrogen) atoms. The van der Waals surface area contributed by atoms with Crippen LogP contribution in [0, 0.1) is 6.92 Å². The van der Waals surface area contributed by atoms with Gasteiger partial charge in [-0.1, -0.05) is 11.6 Å². The maximum atomic E-state index is 5.87. The monoisotopic (exact) mass is 270 g/mol. The van der Waals surface area contributed by atoms with Crippen LogP contribution in [0.2, 0.25) is 5.02 Å². The average Bonchev–Trinajstić information content (AvgIpc) is 2.63. The van der Waals surface area contributed by atoms with Gasteiger partial charge in [0.1, 0.15) is 0 Å². The molecule has 2 N–H and O–H groups in total. The quantitative estimate of drug-likeness (QED) is 0.677. The molecular formula is C11H11ClN2S2. The summed E-state index contributed by atoms with van der Waals surface area (Å²) in [6.07, 6.45) is 0. The summed E-state index contributed by atoms with van der Waals surface area (Å²) >= 11 is 9.19. The predicted molar refractivity (Wildman–Crippen MR) is 72.3 cm³/mol. The summed E-state index contributed by atoms with van der Waals surface area (Å²) in [6, 6.07) is 5.57. The maximum absolute atomic E-state index is 5.87. The lowest BCUT2D eigenvalue weighted by atomic mass is 10.3. The number of halogens is 1. The predicted octanol–water partition coefficient (Wildman–Crippen LogP) is 3.98. The number of nitrogen functional groups attached to an aromatic ring is 1. The number of hydrogen-bond donors (Lipinski definition) is 1. The third kappa shape index (κ3) is 2.90. The SMILES string of the molecule is Cc1nc(CSc2ccc(Cl)cc2N)cs1. The Morgan fingerprint density at radius 1 is 1.50 bits per heavy atom. The number of aromatic nitrogens is 1. The molecule has 84 valence electrons.